The van der Waals surface area contributed by atoms with Crippen LogP contribution >= 0.6 is 0 Å². The molecule has 0 aromatic carbocycles. The molecule has 4 heterocycles. The number of aromatic nitrogens is 5. The lowest BCUT2D eigenvalue weighted by Gasteiger charge is -2.03. The molecule has 6 heteroatoms. The summed E-state index contributed by atoms with van der Waals surface area (Å²) in [5, 5.41) is 0. The SMILES string of the molecule is Cc1cnc2nc(Cn3cnc4occc43)ccn12. The summed E-state index contributed by atoms with van der Waals surface area (Å²) in [6, 6.07) is 3.90. The van der Waals surface area contributed by atoms with Crippen LogP contribution in [0.4, 0.5) is 0 Å². The van der Waals surface area contributed by atoms with E-state index >= 15 is 0 Å². The van der Waals surface area contributed by atoms with Gasteiger partial charge >= 0.3 is 0 Å². The van der Waals surface area contributed by atoms with Crippen LogP contribution in [0.2, 0.25) is 0 Å². The Kier molecular flexibility index (Phi) is 2.00. The van der Waals surface area contributed by atoms with Crippen LogP contribution in [-0.4, -0.2) is 23.9 Å². The van der Waals surface area contributed by atoms with Crippen LogP contribution in [0.3, 0.4) is 0 Å². The molecule has 0 saturated heterocycles. The molecule has 0 aliphatic carbocycles. The number of imidazole rings is 2. The Morgan fingerprint density at radius 2 is 2.21 bits per heavy atom. The van der Waals surface area contributed by atoms with Crippen LogP contribution < -0.4 is 0 Å². The largest absolute Gasteiger partial charge is 0.445 e. The Balaban J connectivity index is 1.76. The molecule has 0 aliphatic heterocycles. The third-order valence-corrected chi connectivity index (χ3v) is 3.20. The van der Waals surface area contributed by atoms with Gasteiger partial charge in [0.05, 0.1) is 31.0 Å². The molecule has 0 fully saturated rings. The second kappa shape index (κ2) is 3.68. The lowest BCUT2D eigenvalue weighted by atomic mass is 10.4. The normalized spacial score (nSPS) is 11.6. The number of hydrogen-bond acceptors (Lipinski definition) is 4. The van der Waals surface area contributed by atoms with Crippen molar-refractivity contribution in [2.24, 2.45) is 0 Å². The zero-order chi connectivity index (χ0) is 12.8. The van der Waals surface area contributed by atoms with Crippen LogP contribution in [0.1, 0.15) is 11.4 Å². The van der Waals surface area contributed by atoms with Gasteiger partial charge in [-0.3, -0.25) is 4.40 Å². The zero-order valence-electron chi connectivity index (χ0n) is 10.3. The fourth-order valence-corrected chi connectivity index (χ4v) is 2.21. The molecule has 0 radical (unpaired) electrons. The topological polar surface area (TPSA) is 61.2 Å². The first-order chi connectivity index (χ1) is 9.31. The molecule has 4 rings (SSSR count). The average molecular weight is 253 g/mol. The van der Waals surface area contributed by atoms with Gasteiger partial charge < -0.3 is 8.98 Å². The van der Waals surface area contributed by atoms with E-state index in [1.807, 2.05) is 40.4 Å². The van der Waals surface area contributed by atoms with E-state index in [0.717, 1.165) is 22.7 Å². The number of aryl methyl sites for hydroxylation is 1. The van der Waals surface area contributed by atoms with Crippen molar-refractivity contribution >= 4 is 17.0 Å². The summed E-state index contributed by atoms with van der Waals surface area (Å²) >= 11 is 0. The predicted molar refractivity (Wildman–Crippen MR) is 68.8 cm³/mol. The quantitative estimate of drug-likeness (QED) is 0.548. The predicted octanol–water partition coefficient (Wildman–Crippen LogP) is 2.03. The van der Waals surface area contributed by atoms with E-state index in [9.17, 15) is 0 Å². The summed E-state index contributed by atoms with van der Waals surface area (Å²) in [5.41, 5.74) is 3.64. The number of fused-ring (bicyclic) bond motifs is 2. The number of furan rings is 1. The zero-order valence-corrected chi connectivity index (χ0v) is 10.3. The average Bonchev–Trinajstić information content (AvgIpc) is 3.08. The maximum absolute atomic E-state index is 5.24. The van der Waals surface area contributed by atoms with Crippen LogP contribution in [0.15, 0.2) is 41.5 Å². The standard InChI is InChI=1S/C13H11N5O/c1-9-6-14-13-16-10(2-4-18(9)13)7-17-8-15-12-11(17)3-5-19-12/h2-6,8H,7H2,1H3. The van der Waals surface area contributed by atoms with Gasteiger partial charge in [-0.25, -0.2) is 15.0 Å². The van der Waals surface area contributed by atoms with Crippen LogP contribution in [0.25, 0.3) is 17.0 Å². The molecule has 19 heavy (non-hydrogen) atoms. The molecule has 4 aromatic heterocycles. The molecular weight excluding hydrogens is 242 g/mol. The van der Waals surface area contributed by atoms with Gasteiger partial charge in [0.1, 0.15) is 5.52 Å². The maximum atomic E-state index is 5.24. The second-order valence-electron chi connectivity index (χ2n) is 4.47. The first kappa shape index (κ1) is 10.3. The summed E-state index contributed by atoms with van der Waals surface area (Å²) in [7, 11) is 0. The second-order valence-corrected chi connectivity index (χ2v) is 4.47. The third-order valence-electron chi connectivity index (χ3n) is 3.20. The Bertz CT molecular complexity index is 869. The van der Waals surface area contributed by atoms with Gasteiger partial charge in [-0.15, -0.1) is 0 Å². The monoisotopic (exact) mass is 253 g/mol. The lowest BCUT2D eigenvalue weighted by Crippen LogP contribution is -2.02. The van der Waals surface area contributed by atoms with Gasteiger partial charge in [0.2, 0.25) is 11.5 Å². The molecule has 0 amide bonds. The third kappa shape index (κ3) is 1.53. The minimum absolute atomic E-state index is 0.651. The minimum Gasteiger partial charge on any atom is -0.445 e. The summed E-state index contributed by atoms with van der Waals surface area (Å²) in [6.07, 6.45) is 7.21. The van der Waals surface area contributed by atoms with Crippen molar-refractivity contribution in [3.8, 4) is 0 Å². The summed E-state index contributed by atoms with van der Waals surface area (Å²) in [4.78, 5) is 13.0. The van der Waals surface area contributed by atoms with E-state index in [4.69, 9.17) is 4.42 Å². The van der Waals surface area contributed by atoms with Crippen molar-refractivity contribution in [1.29, 1.82) is 0 Å². The Hall–Kier alpha value is -2.63. The van der Waals surface area contributed by atoms with Crippen molar-refractivity contribution in [1.82, 2.24) is 23.9 Å². The first-order valence-electron chi connectivity index (χ1n) is 5.99. The maximum Gasteiger partial charge on any atom is 0.244 e. The molecule has 0 unspecified atom stereocenters. The van der Waals surface area contributed by atoms with Gasteiger partial charge in [-0.1, -0.05) is 0 Å². The number of hydrogen-bond donors (Lipinski definition) is 0. The smallest absolute Gasteiger partial charge is 0.244 e. The van der Waals surface area contributed by atoms with E-state index in [1.165, 1.54) is 0 Å². The highest BCUT2D eigenvalue weighted by Gasteiger charge is 2.07. The van der Waals surface area contributed by atoms with E-state index in [1.54, 1.807) is 12.6 Å². The summed E-state index contributed by atoms with van der Waals surface area (Å²) in [5.74, 6) is 0.721. The molecule has 0 saturated carbocycles. The van der Waals surface area contributed by atoms with Gasteiger partial charge in [0, 0.05) is 18.0 Å². The van der Waals surface area contributed by atoms with Crippen molar-refractivity contribution in [2.45, 2.75) is 13.5 Å². The van der Waals surface area contributed by atoms with E-state index in [2.05, 4.69) is 15.0 Å². The van der Waals surface area contributed by atoms with Crippen molar-refractivity contribution in [3.05, 3.63) is 48.5 Å². The van der Waals surface area contributed by atoms with Crippen LogP contribution in [0.5, 0.6) is 0 Å². The van der Waals surface area contributed by atoms with Crippen molar-refractivity contribution < 1.29 is 4.42 Å². The van der Waals surface area contributed by atoms with Crippen LogP contribution in [-0.2, 0) is 6.54 Å². The Morgan fingerprint density at radius 3 is 3.16 bits per heavy atom. The Labute approximate surface area is 108 Å². The minimum atomic E-state index is 0.651. The fraction of sp³-hybridized carbons (Fsp3) is 0.154. The first-order valence-corrected chi connectivity index (χ1v) is 5.99. The van der Waals surface area contributed by atoms with Crippen LogP contribution in [0, 0.1) is 6.92 Å². The van der Waals surface area contributed by atoms with Gasteiger partial charge in [-0.05, 0) is 13.0 Å². The van der Waals surface area contributed by atoms with E-state index in [-0.39, 0.29) is 0 Å². The molecule has 0 bridgehead atoms. The lowest BCUT2D eigenvalue weighted by molar-refractivity contribution is 0.604. The fourth-order valence-electron chi connectivity index (χ4n) is 2.21. The Morgan fingerprint density at radius 1 is 1.26 bits per heavy atom. The molecule has 6 nitrogen and oxygen atoms in total. The van der Waals surface area contributed by atoms with Crippen molar-refractivity contribution in [3.63, 3.8) is 0 Å². The van der Waals surface area contributed by atoms with Crippen molar-refractivity contribution in [2.75, 3.05) is 0 Å². The molecule has 0 aliphatic rings. The van der Waals surface area contributed by atoms with Gasteiger partial charge in [0.15, 0.2) is 0 Å². The molecule has 0 atom stereocenters. The number of rotatable bonds is 2. The molecule has 94 valence electrons. The molecule has 0 N–H and O–H groups in total. The molecular formula is C13H11N5O. The van der Waals surface area contributed by atoms with Gasteiger partial charge in [0.25, 0.3) is 0 Å². The number of nitrogens with zero attached hydrogens (tertiary/aromatic N) is 5. The highest BCUT2D eigenvalue weighted by atomic mass is 16.3. The highest BCUT2D eigenvalue weighted by molar-refractivity contribution is 5.68. The molecule has 0 spiro atoms. The van der Waals surface area contributed by atoms with E-state index in [0.29, 0.717) is 12.3 Å². The highest BCUT2D eigenvalue weighted by Crippen LogP contribution is 2.15. The summed E-state index contributed by atoms with van der Waals surface area (Å²) < 4.78 is 9.21. The van der Waals surface area contributed by atoms with E-state index < -0.39 is 0 Å². The summed E-state index contributed by atoms with van der Waals surface area (Å²) in [6.45, 7) is 2.66. The molecule has 4 aromatic rings. The van der Waals surface area contributed by atoms with Gasteiger partial charge in [-0.2, -0.15) is 0 Å².